The van der Waals surface area contributed by atoms with Crippen molar-refractivity contribution in [1.29, 1.82) is 0 Å². The fraction of sp³-hybridized carbons (Fsp3) is 0.0714. The van der Waals surface area contributed by atoms with Gasteiger partial charge < -0.3 is 11.1 Å². The summed E-state index contributed by atoms with van der Waals surface area (Å²) in [5.74, 6) is 0.00268. The minimum Gasteiger partial charge on any atom is -0.399 e. The highest BCUT2D eigenvalue weighted by atomic mass is 16.2. The van der Waals surface area contributed by atoms with Crippen LogP contribution in [0.5, 0.6) is 0 Å². The van der Waals surface area contributed by atoms with Crippen molar-refractivity contribution in [3.8, 4) is 0 Å². The summed E-state index contributed by atoms with van der Waals surface area (Å²) in [6.45, 7) is 0. The Morgan fingerprint density at radius 1 is 1.10 bits per heavy atom. The van der Waals surface area contributed by atoms with E-state index in [1.807, 2.05) is 0 Å². The molecule has 1 aliphatic heterocycles. The maximum Gasteiger partial charge on any atom is 0.261 e. The van der Waals surface area contributed by atoms with E-state index >= 15 is 0 Å². The fourth-order valence-electron chi connectivity index (χ4n) is 2.10. The molecule has 3 rings (SSSR count). The van der Waals surface area contributed by atoms with E-state index in [4.69, 9.17) is 5.73 Å². The molecule has 0 saturated heterocycles. The number of carbonyl (C=O) groups excluding carboxylic acids is 2. The summed E-state index contributed by atoms with van der Waals surface area (Å²) in [6, 6.07) is 8.38. The third-order valence-electron chi connectivity index (χ3n) is 3.15. The molecule has 2 amide bonds. The maximum atomic E-state index is 11.9. The quantitative estimate of drug-likeness (QED) is 0.808. The second-order valence-electron chi connectivity index (χ2n) is 4.53. The molecule has 0 radical (unpaired) electrons. The number of nitrogens with one attached hydrogen (secondary N) is 1. The lowest BCUT2D eigenvalue weighted by atomic mass is 10.1. The molecule has 0 spiro atoms. The van der Waals surface area contributed by atoms with Crippen LogP contribution < -0.4 is 11.1 Å². The van der Waals surface area contributed by atoms with Gasteiger partial charge in [-0.2, -0.15) is 0 Å². The number of rotatable bonds is 2. The van der Waals surface area contributed by atoms with E-state index in [9.17, 15) is 9.59 Å². The van der Waals surface area contributed by atoms with Crippen molar-refractivity contribution >= 4 is 29.0 Å². The minimum atomic E-state index is -0.297. The molecule has 100 valence electrons. The Morgan fingerprint density at radius 2 is 1.85 bits per heavy atom. The molecule has 20 heavy (non-hydrogen) atoms. The second-order valence-corrected chi connectivity index (χ2v) is 4.53. The Hall–Kier alpha value is -2.89. The summed E-state index contributed by atoms with van der Waals surface area (Å²) in [4.78, 5) is 28.9. The number of hydrogen-bond donors (Lipinski definition) is 2. The van der Waals surface area contributed by atoms with Crippen molar-refractivity contribution in [2.45, 2.75) is 0 Å². The van der Waals surface area contributed by atoms with E-state index < -0.39 is 0 Å². The van der Waals surface area contributed by atoms with Crippen molar-refractivity contribution in [3.05, 3.63) is 47.7 Å². The number of benzene rings is 1. The predicted octanol–water partition coefficient (Wildman–Crippen LogP) is 1.63. The first-order chi connectivity index (χ1) is 9.56. The van der Waals surface area contributed by atoms with Crippen LogP contribution in [0.15, 0.2) is 36.5 Å². The Labute approximate surface area is 115 Å². The van der Waals surface area contributed by atoms with Crippen molar-refractivity contribution in [3.63, 3.8) is 0 Å². The van der Waals surface area contributed by atoms with Crippen molar-refractivity contribution in [1.82, 2.24) is 9.88 Å². The number of amides is 2. The predicted molar refractivity (Wildman–Crippen MR) is 74.8 cm³/mol. The molecule has 2 aromatic rings. The molecule has 0 bridgehead atoms. The standard InChI is InChI=1S/C14H12N4O2/c1-18-13(19)10-3-2-9(7-11(10)14(18)20)17-12-6-8(15)4-5-16-12/h2-7H,1H3,(H3,15,16,17). The molecular formula is C14H12N4O2. The van der Waals surface area contributed by atoms with Crippen molar-refractivity contribution in [2.24, 2.45) is 0 Å². The zero-order valence-electron chi connectivity index (χ0n) is 10.8. The summed E-state index contributed by atoms with van der Waals surface area (Å²) in [6.07, 6.45) is 1.59. The Kier molecular flexibility index (Phi) is 2.64. The molecule has 2 heterocycles. The summed E-state index contributed by atoms with van der Waals surface area (Å²) in [7, 11) is 1.47. The minimum absolute atomic E-state index is 0.279. The number of hydrogen-bond acceptors (Lipinski definition) is 5. The van der Waals surface area contributed by atoms with Gasteiger partial charge in [-0.05, 0) is 24.3 Å². The lowest BCUT2D eigenvalue weighted by molar-refractivity contribution is 0.0693. The van der Waals surface area contributed by atoms with Gasteiger partial charge in [0, 0.05) is 30.7 Å². The Bertz CT molecular complexity index is 727. The maximum absolute atomic E-state index is 11.9. The summed E-state index contributed by atoms with van der Waals surface area (Å²) < 4.78 is 0. The van der Waals surface area contributed by atoms with Gasteiger partial charge in [0.2, 0.25) is 0 Å². The average Bonchev–Trinajstić information content (AvgIpc) is 2.64. The van der Waals surface area contributed by atoms with Gasteiger partial charge in [0.1, 0.15) is 5.82 Å². The number of nitrogens with two attached hydrogens (primary N) is 1. The average molecular weight is 268 g/mol. The van der Waals surface area contributed by atoms with Crippen LogP contribution in [-0.2, 0) is 0 Å². The van der Waals surface area contributed by atoms with Gasteiger partial charge in [0.15, 0.2) is 0 Å². The van der Waals surface area contributed by atoms with Crippen LogP contribution in [0.3, 0.4) is 0 Å². The van der Waals surface area contributed by atoms with E-state index in [0.717, 1.165) is 4.90 Å². The number of nitrogens with zero attached hydrogens (tertiary/aromatic N) is 2. The van der Waals surface area contributed by atoms with Gasteiger partial charge in [0.25, 0.3) is 11.8 Å². The second kappa shape index (κ2) is 4.34. The van der Waals surface area contributed by atoms with Crippen LogP contribution in [0.25, 0.3) is 0 Å². The zero-order valence-corrected chi connectivity index (χ0v) is 10.8. The number of aromatic nitrogens is 1. The molecule has 0 fully saturated rings. The van der Waals surface area contributed by atoms with E-state index in [0.29, 0.717) is 28.3 Å². The van der Waals surface area contributed by atoms with E-state index in [1.165, 1.54) is 7.05 Å². The lowest BCUT2D eigenvalue weighted by Crippen LogP contribution is -2.24. The van der Waals surface area contributed by atoms with Gasteiger partial charge in [-0.1, -0.05) is 0 Å². The molecule has 3 N–H and O–H groups in total. The molecule has 6 nitrogen and oxygen atoms in total. The van der Waals surface area contributed by atoms with E-state index in [-0.39, 0.29) is 11.8 Å². The number of imide groups is 1. The monoisotopic (exact) mass is 268 g/mol. The highest BCUT2D eigenvalue weighted by Gasteiger charge is 2.32. The smallest absolute Gasteiger partial charge is 0.261 e. The summed E-state index contributed by atoms with van der Waals surface area (Å²) in [5, 5.41) is 3.05. The number of carbonyl (C=O) groups is 2. The van der Waals surface area contributed by atoms with Crippen LogP contribution >= 0.6 is 0 Å². The topological polar surface area (TPSA) is 88.3 Å². The molecule has 6 heteroatoms. The lowest BCUT2D eigenvalue weighted by Gasteiger charge is -2.06. The van der Waals surface area contributed by atoms with E-state index in [1.54, 1.807) is 36.5 Å². The van der Waals surface area contributed by atoms with Gasteiger partial charge in [-0.25, -0.2) is 4.98 Å². The van der Waals surface area contributed by atoms with Crippen LogP contribution in [0.2, 0.25) is 0 Å². The largest absolute Gasteiger partial charge is 0.399 e. The van der Waals surface area contributed by atoms with Gasteiger partial charge in [-0.15, -0.1) is 0 Å². The molecule has 0 unspecified atom stereocenters. The Balaban J connectivity index is 1.95. The van der Waals surface area contributed by atoms with Crippen molar-refractivity contribution in [2.75, 3.05) is 18.1 Å². The number of nitrogen functional groups attached to an aromatic ring is 1. The number of fused-ring (bicyclic) bond motifs is 1. The SMILES string of the molecule is CN1C(=O)c2ccc(Nc3cc(N)ccn3)cc2C1=O. The van der Waals surface area contributed by atoms with Crippen LogP contribution in [0.1, 0.15) is 20.7 Å². The Morgan fingerprint density at radius 3 is 2.60 bits per heavy atom. The van der Waals surface area contributed by atoms with E-state index in [2.05, 4.69) is 10.3 Å². The molecule has 1 aliphatic rings. The van der Waals surface area contributed by atoms with Crippen LogP contribution in [0, 0.1) is 0 Å². The van der Waals surface area contributed by atoms with Crippen molar-refractivity contribution < 1.29 is 9.59 Å². The molecule has 0 saturated carbocycles. The highest BCUT2D eigenvalue weighted by molar-refractivity contribution is 6.21. The zero-order chi connectivity index (χ0) is 14.3. The van der Waals surface area contributed by atoms with Crippen LogP contribution in [-0.4, -0.2) is 28.7 Å². The summed E-state index contributed by atoms with van der Waals surface area (Å²) >= 11 is 0. The first kappa shape index (κ1) is 12.2. The molecule has 0 atom stereocenters. The first-order valence-electron chi connectivity index (χ1n) is 6.01. The third kappa shape index (κ3) is 1.87. The molecule has 0 aliphatic carbocycles. The normalized spacial score (nSPS) is 13.6. The molecule has 1 aromatic heterocycles. The van der Waals surface area contributed by atoms with Gasteiger partial charge >= 0.3 is 0 Å². The number of anilines is 3. The molecule has 1 aromatic carbocycles. The third-order valence-corrected chi connectivity index (χ3v) is 3.15. The molecular weight excluding hydrogens is 256 g/mol. The van der Waals surface area contributed by atoms with Crippen LogP contribution in [0.4, 0.5) is 17.2 Å². The first-order valence-corrected chi connectivity index (χ1v) is 6.01. The highest BCUT2D eigenvalue weighted by Crippen LogP contribution is 2.26. The summed E-state index contributed by atoms with van der Waals surface area (Å²) in [5.41, 5.74) is 7.76. The fourth-order valence-corrected chi connectivity index (χ4v) is 2.10. The van der Waals surface area contributed by atoms with Gasteiger partial charge in [0.05, 0.1) is 11.1 Å². The van der Waals surface area contributed by atoms with Gasteiger partial charge in [-0.3, -0.25) is 14.5 Å². The number of pyridine rings is 1.